The first-order valence-corrected chi connectivity index (χ1v) is 3.95. The van der Waals surface area contributed by atoms with E-state index >= 15 is 0 Å². The summed E-state index contributed by atoms with van der Waals surface area (Å²) in [5.74, 6) is 0. The number of ether oxygens (including phenoxy) is 2. The zero-order valence-electron chi connectivity index (χ0n) is 8.68. The quantitative estimate of drug-likeness (QED) is 0.296. The first-order chi connectivity index (χ1) is 6.37. The maximum absolute atomic E-state index is 11.2. The summed E-state index contributed by atoms with van der Waals surface area (Å²) in [4.78, 5) is 20.9. The van der Waals surface area contributed by atoms with E-state index in [1.54, 1.807) is 20.8 Å². The van der Waals surface area contributed by atoms with Crippen molar-refractivity contribution in [1.29, 1.82) is 0 Å². The molecular weight excluding hydrogens is 188 g/mol. The Hall–Kier alpha value is -1.59. The van der Waals surface area contributed by atoms with E-state index in [4.69, 9.17) is 4.74 Å². The highest BCUT2D eigenvalue weighted by Crippen LogP contribution is 2.08. The predicted octanol–water partition coefficient (Wildman–Crippen LogP) is 0.970. The SMILES string of the molecule is CN(N=COC=O)C(=O)OC(C)(C)C. The second kappa shape index (κ2) is 5.21. The molecule has 0 aromatic heterocycles. The molecule has 0 heterocycles. The Morgan fingerprint density at radius 3 is 2.43 bits per heavy atom. The van der Waals surface area contributed by atoms with E-state index in [-0.39, 0.29) is 6.47 Å². The minimum absolute atomic E-state index is 0.201. The minimum Gasteiger partial charge on any atom is -0.442 e. The van der Waals surface area contributed by atoms with Gasteiger partial charge >= 0.3 is 6.09 Å². The molecule has 0 bridgehead atoms. The summed E-state index contributed by atoms with van der Waals surface area (Å²) in [5, 5.41) is 4.40. The average Bonchev–Trinajstić information content (AvgIpc) is 2.01. The lowest BCUT2D eigenvalue weighted by atomic mass is 10.2. The zero-order valence-corrected chi connectivity index (χ0v) is 8.68. The zero-order chi connectivity index (χ0) is 11.2. The van der Waals surface area contributed by atoms with Crippen molar-refractivity contribution in [2.45, 2.75) is 26.4 Å². The van der Waals surface area contributed by atoms with Gasteiger partial charge in [0.05, 0.1) is 0 Å². The smallest absolute Gasteiger partial charge is 0.430 e. The Bertz CT molecular complexity index is 232. The molecule has 0 rings (SSSR count). The van der Waals surface area contributed by atoms with Gasteiger partial charge in [-0.1, -0.05) is 0 Å². The van der Waals surface area contributed by atoms with Gasteiger partial charge in [0.15, 0.2) is 0 Å². The van der Waals surface area contributed by atoms with Crippen LogP contribution in [0.15, 0.2) is 5.10 Å². The Morgan fingerprint density at radius 1 is 1.43 bits per heavy atom. The van der Waals surface area contributed by atoms with Gasteiger partial charge in [0.2, 0.25) is 6.40 Å². The van der Waals surface area contributed by atoms with Crippen LogP contribution in [-0.2, 0) is 14.3 Å². The third-order valence-electron chi connectivity index (χ3n) is 0.994. The summed E-state index contributed by atoms with van der Waals surface area (Å²) in [5.41, 5.74) is -0.577. The van der Waals surface area contributed by atoms with Crippen molar-refractivity contribution in [3.63, 3.8) is 0 Å². The van der Waals surface area contributed by atoms with Crippen molar-refractivity contribution in [3.8, 4) is 0 Å². The van der Waals surface area contributed by atoms with Crippen molar-refractivity contribution >= 4 is 19.0 Å². The Morgan fingerprint density at radius 2 is 2.00 bits per heavy atom. The molecule has 0 saturated heterocycles. The van der Waals surface area contributed by atoms with Crippen LogP contribution in [0.25, 0.3) is 0 Å². The first-order valence-electron chi connectivity index (χ1n) is 3.95. The molecule has 6 nitrogen and oxygen atoms in total. The predicted molar refractivity (Wildman–Crippen MR) is 49.6 cm³/mol. The summed E-state index contributed by atoms with van der Waals surface area (Å²) in [6.45, 7) is 5.42. The van der Waals surface area contributed by atoms with Gasteiger partial charge in [-0.05, 0) is 20.8 Å². The molecular formula is C8H14N2O4. The molecule has 0 N–H and O–H groups in total. The van der Waals surface area contributed by atoms with Crippen molar-refractivity contribution in [1.82, 2.24) is 5.01 Å². The highest BCUT2D eigenvalue weighted by atomic mass is 16.6. The van der Waals surface area contributed by atoms with Crippen LogP contribution >= 0.6 is 0 Å². The number of hydrogen-bond donors (Lipinski definition) is 0. The van der Waals surface area contributed by atoms with Crippen molar-refractivity contribution in [2.75, 3.05) is 7.05 Å². The topological polar surface area (TPSA) is 68.2 Å². The van der Waals surface area contributed by atoms with E-state index in [0.717, 1.165) is 11.4 Å². The second-order valence-electron chi connectivity index (χ2n) is 3.46. The number of hydrogen-bond acceptors (Lipinski definition) is 5. The molecule has 14 heavy (non-hydrogen) atoms. The fraction of sp³-hybridized carbons (Fsp3) is 0.625. The normalized spacial score (nSPS) is 11.1. The molecule has 0 radical (unpaired) electrons. The van der Waals surface area contributed by atoms with Gasteiger partial charge in [-0.2, -0.15) is 5.01 Å². The van der Waals surface area contributed by atoms with Crippen LogP contribution in [0.4, 0.5) is 4.79 Å². The van der Waals surface area contributed by atoms with Crippen LogP contribution in [0.2, 0.25) is 0 Å². The third-order valence-corrected chi connectivity index (χ3v) is 0.994. The monoisotopic (exact) mass is 202 g/mol. The number of carbonyl (C=O) groups is 2. The van der Waals surface area contributed by atoms with Crippen LogP contribution in [-0.4, -0.2) is 36.6 Å². The van der Waals surface area contributed by atoms with Crippen molar-refractivity contribution < 1.29 is 19.1 Å². The lowest BCUT2D eigenvalue weighted by Crippen LogP contribution is -2.31. The largest absolute Gasteiger partial charge is 0.442 e. The molecule has 0 unspecified atom stereocenters. The van der Waals surface area contributed by atoms with Crippen LogP contribution in [0, 0.1) is 0 Å². The fourth-order valence-corrected chi connectivity index (χ4v) is 0.498. The molecule has 0 atom stereocenters. The van der Waals surface area contributed by atoms with Crippen LogP contribution < -0.4 is 0 Å². The van der Waals surface area contributed by atoms with Crippen LogP contribution in [0.5, 0.6) is 0 Å². The number of amides is 1. The van der Waals surface area contributed by atoms with Gasteiger partial charge in [-0.3, -0.25) is 4.79 Å². The molecule has 0 aromatic carbocycles. The van der Waals surface area contributed by atoms with Gasteiger partial charge in [0.25, 0.3) is 6.47 Å². The molecule has 0 saturated carbocycles. The second-order valence-corrected chi connectivity index (χ2v) is 3.46. The van der Waals surface area contributed by atoms with Gasteiger partial charge in [-0.15, -0.1) is 5.10 Å². The van der Waals surface area contributed by atoms with Crippen molar-refractivity contribution in [2.24, 2.45) is 5.10 Å². The van der Waals surface area contributed by atoms with Gasteiger partial charge in [0, 0.05) is 7.05 Å². The maximum atomic E-state index is 11.2. The highest BCUT2D eigenvalue weighted by Gasteiger charge is 2.18. The fourth-order valence-electron chi connectivity index (χ4n) is 0.498. The Labute approximate surface area is 82.5 Å². The molecule has 0 aliphatic rings. The van der Waals surface area contributed by atoms with Crippen LogP contribution in [0.3, 0.4) is 0 Å². The number of hydrazone groups is 1. The summed E-state index contributed by atoms with van der Waals surface area (Å²) in [6, 6.07) is 0. The number of nitrogens with zero attached hydrogens (tertiary/aromatic N) is 2. The summed E-state index contributed by atoms with van der Waals surface area (Å²) in [7, 11) is 1.39. The van der Waals surface area contributed by atoms with E-state index in [1.807, 2.05) is 0 Å². The molecule has 0 fully saturated rings. The Balaban J connectivity index is 4.06. The number of rotatable bonds is 3. The molecule has 6 heteroatoms. The summed E-state index contributed by atoms with van der Waals surface area (Å²) < 4.78 is 9.12. The van der Waals surface area contributed by atoms with E-state index in [9.17, 15) is 9.59 Å². The maximum Gasteiger partial charge on any atom is 0.430 e. The summed E-state index contributed by atoms with van der Waals surface area (Å²) >= 11 is 0. The minimum atomic E-state index is -0.622. The van der Waals surface area contributed by atoms with E-state index in [1.165, 1.54) is 7.05 Å². The van der Waals surface area contributed by atoms with E-state index < -0.39 is 11.7 Å². The lowest BCUT2D eigenvalue weighted by Gasteiger charge is -2.21. The standard InChI is InChI=1S/C8H14N2O4/c1-8(2,3)14-7(12)10(4)9-5-13-6-11/h5-6H,1-4H3. The third kappa shape index (κ3) is 5.99. The molecule has 1 amide bonds. The van der Waals surface area contributed by atoms with Gasteiger partial charge < -0.3 is 9.47 Å². The van der Waals surface area contributed by atoms with E-state index in [0.29, 0.717) is 0 Å². The summed E-state index contributed by atoms with van der Waals surface area (Å²) in [6.07, 6.45) is 0.222. The molecule has 0 aliphatic carbocycles. The first kappa shape index (κ1) is 12.4. The van der Waals surface area contributed by atoms with Crippen LogP contribution in [0.1, 0.15) is 20.8 Å². The molecule has 0 aromatic rings. The highest BCUT2D eigenvalue weighted by molar-refractivity contribution is 5.69. The Kier molecular flexibility index (Phi) is 4.62. The average molecular weight is 202 g/mol. The lowest BCUT2D eigenvalue weighted by molar-refractivity contribution is -0.121. The molecule has 0 aliphatic heterocycles. The van der Waals surface area contributed by atoms with Crippen molar-refractivity contribution in [3.05, 3.63) is 0 Å². The molecule has 80 valence electrons. The van der Waals surface area contributed by atoms with E-state index in [2.05, 4.69) is 9.84 Å². The number of carbonyl (C=O) groups excluding carboxylic acids is 2. The van der Waals surface area contributed by atoms with Gasteiger partial charge in [-0.25, -0.2) is 4.79 Å². The van der Waals surface area contributed by atoms with Gasteiger partial charge in [0.1, 0.15) is 5.60 Å². The molecule has 0 spiro atoms.